The summed E-state index contributed by atoms with van der Waals surface area (Å²) in [4.78, 5) is 9.65. The number of hydrogen-bond acceptors (Lipinski definition) is 4. The molecule has 0 spiro atoms. The minimum atomic E-state index is -4.00. The van der Waals surface area contributed by atoms with Gasteiger partial charge in [0.15, 0.2) is 9.84 Å². The summed E-state index contributed by atoms with van der Waals surface area (Å²) in [5, 5.41) is 8.58. The monoisotopic (exact) mass is 265 g/mol. The average Bonchev–Trinajstić information content (AvgIpc) is 2.18. The van der Waals surface area contributed by atoms with Gasteiger partial charge in [-0.1, -0.05) is 0 Å². The van der Waals surface area contributed by atoms with Crippen LogP contribution in [0.25, 0.3) is 0 Å². The van der Waals surface area contributed by atoms with Crippen LogP contribution in [-0.2, 0) is 14.6 Å². The first-order valence-electron chi connectivity index (χ1n) is 4.32. The van der Waals surface area contributed by atoms with Gasteiger partial charge in [-0.15, -0.1) is 0 Å². The first-order valence-corrected chi connectivity index (χ1v) is 6.21. The third kappa shape index (κ3) is 2.77. The number of carboxylic acids is 1. The normalized spacial score (nSPS) is 13.4. The van der Waals surface area contributed by atoms with Gasteiger partial charge in [0.2, 0.25) is 0 Å². The van der Waals surface area contributed by atoms with Crippen molar-refractivity contribution in [1.82, 2.24) is 0 Å². The summed E-state index contributed by atoms with van der Waals surface area (Å²) in [6, 6.07) is -0.794. The summed E-state index contributed by atoms with van der Waals surface area (Å²) < 4.78 is 49.1. The van der Waals surface area contributed by atoms with E-state index in [0.29, 0.717) is 18.4 Å². The molecule has 0 aliphatic rings. The van der Waals surface area contributed by atoms with Crippen LogP contribution in [0, 0.1) is 11.6 Å². The van der Waals surface area contributed by atoms with Gasteiger partial charge in [0.25, 0.3) is 0 Å². The Hall–Kier alpha value is -1.54. The number of nitrogens with two attached hydrogens (primary N) is 1. The molecule has 8 heteroatoms. The molecule has 0 aliphatic carbocycles. The molecule has 1 atom stereocenters. The minimum absolute atomic E-state index is 0.475. The summed E-state index contributed by atoms with van der Waals surface area (Å²) in [5.74, 6) is -4.00. The Morgan fingerprint density at radius 1 is 1.41 bits per heavy atom. The Kier molecular flexibility index (Phi) is 3.48. The molecule has 0 saturated carbocycles. The zero-order valence-electron chi connectivity index (χ0n) is 8.65. The standard InChI is InChI=1S/C9H9F2NO4S/c1-17(15,16)6-3-4(10)2-5(7(6)11)8(12)9(13)14/h2-3,8H,12H2,1H3,(H,13,14). The van der Waals surface area contributed by atoms with E-state index in [0.717, 1.165) is 0 Å². The predicted octanol–water partition coefficient (Wildman–Crippen LogP) is 0.453. The second-order valence-corrected chi connectivity index (χ2v) is 5.38. The molecule has 17 heavy (non-hydrogen) atoms. The van der Waals surface area contributed by atoms with Crippen molar-refractivity contribution in [2.75, 3.05) is 6.26 Å². The Morgan fingerprint density at radius 3 is 2.35 bits per heavy atom. The number of hydrogen-bond donors (Lipinski definition) is 2. The molecule has 0 radical (unpaired) electrons. The fourth-order valence-electron chi connectivity index (χ4n) is 1.21. The topological polar surface area (TPSA) is 97.5 Å². The van der Waals surface area contributed by atoms with Crippen LogP contribution in [0.3, 0.4) is 0 Å². The highest BCUT2D eigenvalue weighted by Crippen LogP contribution is 2.24. The molecule has 1 aromatic rings. The molecule has 0 heterocycles. The molecule has 0 amide bonds. The number of carboxylic acid groups (broad SMARTS) is 1. The van der Waals surface area contributed by atoms with Crippen LogP contribution in [0.5, 0.6) is 0 Å². The molecule has 0 aromatic heterocycles. The highest BCUT2D eigenvalue weighted by atomic mass is 32.2. The van der Waals surface area contributed by atoms with Crippen LogP contribution in [0.15, 0.2) is 17.0 Å². The summed E-state index contributed by atoms with van der Waals surface area (Å²) in [6.07, 6.45) is 0.681. The fourth-order valence-corrected chi connectivity index (χ4v) is 1.98. The number of aliphatic carboxylic acids is 1. The molecule has 94 valence electrons. The van der Waals surface area contributed by atoms with Crippen LogP contribution < -0.4 is 5.73 Å². The van der Waals surface area contributed by atoms with Gasteiger partial charge in [-0.25, -0.2) is 17.2 Å². The van der Waals surface area contributed by atoms with Crippen LogP contribution >= 0.6 is 0 Å². The van der Waals surface area contributed by atoms with E-state index in [-0.39, 0.29) is 0 Å². The Morgan fingerprint density at radius 2 is 1.94 bits per heavy atom. The van der Waals surface area contributed by atoms with Gasteiger partial charge < -0.3 is 10.8 Å². The van der Waals surface area contributed by atoms with E-state index < -0.39 is 43.9 Å². The molecule has 3 N–H and O–H groups in total. The average molecular weight is 265 g/mol. The summed E-state index contributed by atoms with van der Waals surface area (Å²) >= 11 is 0. The molecule has 0 fully saturated rings. The Bertz CT molecular complexity index is 571. The third-order valence-corrected chi connectivity index (χ3v) is 3.13. The van der Waals surface area contributed by atoms with Gasteiger partial charge in [0.1, 0.15) is 22.6 Å². The number of benzene rings is 1. The van der Waals surface area contributed by atoms with E-state index in [1.54, 1.807) is 0 Å². The van der Waals surface area contributed by atoms with Crippen molar-refractivity contribution in [3.63, 3.8) is 0 Å². The minimum Gasteiger partial charge on any atom is -0.480 e. The number of halogens is 2. The van der Waals surface area contributed by atoms with E-state index >= 15 is 0 Å². The van der Waals surface area contributed by atoms with Crippen LogP contribution in [-0.4, -0.2) is 25.7 Å². The van der Waals surface area contributed by atoms with Gasteiger partial charge in [-0.3, -0.25) is 4.79 Å². The first kappa shape index (κ1) is 13.5. The molecule has 1 aromatic carbocycles. The van der Waals surface area contributed by atoms with Crippen LogP contribution in [0.4, 0.5) is 8.78 Å². The lowest BCUT2D eigenvalue weighted by atomic mass is 10.1. The maximum atomic E-state index is 13.7. The maximum absolute atomic E-state index is 13.7. The highest BCUT2D eigenvalue weighted by molar-refractivity contribution is 7.90. The largest absolute Gasteiger partial charge is 0.480 e. The van der Waals surface area contributed by atoms with E-state index in [4.69, 9.17) is 10.8 Å². The van der Waals surface area contributed by atoms with Gasteiger partial charge >= 0.3 is 5.97 Å². The molecule has 0 aliphatic heterocycles. The quantitative estimate of drug-likeness (QED) is 0.827. The predicted molar refractivity (Wildman–Crippen MR) is 54.0 cm³/mol. The van der Waals surface area contributed by atoms with Crippen molar-refractivity contribution in [2.45, 2.75) is 10.9 Å². The summed E-state index contributed by atoms with van der Waals surface area (Å²) in [5.41, 5.74) is 4.41. The Balaban J connectivity index is 3.55. The zero-order valence-corrected chi connectivity index (χ0v) is 9.46. The SMILES string of the molecule is CS(=O)(=O)c1cc(F)cc(C(N)C(=O)O)c1F. The smallest absolute Gasteiger partial charge is 0.325 e. The van der Waals surface area contributed by atoms with Crippen LogP contribution in [0.2, 0.25) is 0 Å². The van der Waals surface area contributed by atoms with E-state index in [1.165, 1.54) is 0 Å². The second kappa shape index (κ2) is 4.38. The fraction of sp³-hybridized carbons (Fsp3) is 0.222. The van der Waals surface area contributed by atoms with Crippen molar-refractivity contribution in [3.8, 4) is 0 Å². The van der Waals surface area contributed by atoms with Gasteiger partial charge in [-0.05, 0) is 12.1 Å². The molecular weight excluding hydrogens is 256 g/mol. The van der Waals surface area contributed by atoms with E-state index in [9.17, 15) is 22.0 Å². The van der Waals surface area contributed by atoms with Crippen molar-refractivity contribution in [3.05, 3.63) is 29.3 Å². The van der Waals surface area contributed by atoms with Crippen molar-refractivity contribution < 1.29 is 27.1 Å². The maximum Gasteiger partial charge on any atom is 0.325 e. The Labute approximate surface area is 95.8 Å². The van der Waals surface area contributed by atoms with Gasteiger partial charge in [-0.2, -0.15) is 0 Å². The molecule has 1 rings (SSSR count). The zero-order chi connectivity index (χ0) is 13.4. The molecule has 0 bridgehead atoms. The summed E-state index contributed by atoms with van der Waals surface area (Å²) in [6.45, 7) is 0. The number of carbonyl (C=O) groups is 1. The number of rotatable bonds is 3. The lowest BCUT2D eigenvalue weighted by Crippen LogP contribution is -2.23. The van der Waals surface area contributed by atoms with Crippen LogP contribution in [0.1, 0.15) is 11.6 Å². The molecule has 0 saturated heterocycles. The van der Waals surface area contributed by atoms with E-state index in [1.807, 2.05) is 0 Å². The van der Waals surface area contributed by atoms with E-state index in [2.05, 4.69) is 0 Å². The van der Waals surface area contributed by atoms with Gasteiger partial charge in [0.05, 0.1) is 0 Å². The van der Waals surface area contributed by atoms with Crippen molar-refractivity contribution in [2.24, 2.45) is 5.73 Å². The molecular formula is C9H9F2NO4S. The lowest BCUT2D eigenvalue weighted by Gasteiger charge is -2.11. The lowest BCUT2D eigenvalue weighted by molar-refractivity contribution is -0.138. The van der Waals surface area contributed by atoms with Crippen molar-refractivity contribution in [1.29, 1.82) is 0 Å². The molecule has 5 nitrogen and oxygen atoms in total. The second-order valence-electron chi connectivity index (χ2n) is 3.40. The third-order valence-electron chi connectivity index (χ3n) is 2.03. The summed E-state index contributed by atoms with van der Waals surface area (Å²) in [7, 11) is -4.00. The van der Waals surface area contributed by atoms with Gasteiger partial charge in [0, 0.05) is 11.8 Å². The number of sulfone groups is 1. The highest BCUT2D eigenvalue weighted by Gasteiger charge is 2.25. The van der Waals surface area contributed by atoms with Crippen molar-refractivity contribution >= 4 is 15.8 Å². The first-order chi connectivity index (χ1) is 7.64. The molecule has 1 unspecified atom stereocenters.